The van der Waals surface area contributed by atoms with E-state index in [-0.39, 0.29) is 17.4 Å². The molecule has 0 aliphatic heterocycles. The van der Waals surface area contributed by atoms with Crippen molar-refractivity contribution in [3.05, 3.63) is 0 Å². The molecule has 0 saturated carbocycles. The topological polar surface area (TPSA) is 55.1 Å². The minimum Gasteiger partial charge on any atom is -0.356 e. The van der Waals surface area contributed by atoms with Gasteiger partial charge in [0.1, 0.15) is 0 Å². The van der Waals surface area contributed by atoms with E-state index >= 15 is 0 Å². The van der Waals surface area contributed by atoms with Crippen molar-refractivity contribution >= 4 is 17.7 Å². The average Bonchev–Trinajstić information content (AvgIpc) is 2.13. The summed E-state index contributed by atoms with van der Waals surface area (Å²) in [4.78, 5) is 11.6. The average molecular weight is 260 g/mol. The highest BCUT2D eigenvalue weighted by Crippen LogP contribution is 2.20. The predicted molar refractivity (Wildman–Crippen MR) is 77.3 cm³/mol. The maximum Gasteiger partial charge on any atom is 0.221 e. The van der Waals surface area contributed by atoms with Crippen LogP contribution in [0.3, 0.4) is 0 Å². The van der Waals surface area contributed by atoms with Gasteiger partial charge in [0.2, 0.25) is 5.91 Å². The highest BCUT2D eigenvalue weighted by atomic mass is 32.2. The Morgan fingerprint density at radius 2 is 2.00 bits per heavy atom. The molecule has 17 heavy (non-hydrogen) atoms. The molecule has 0 aliphatic rings. The van der Waals surface area contributed by atoms with Crippen molar-refractivity contribution in [3.8, 4) is 0 Å². The highest BCUT2D eigenvalue weighted by Gasteiger charge is 2.17. The first-order chi connectivity index (χ1) is 7.74. The van der Waals surface area contributed by atoms with Crippen LogP contribution in [0.15, 0.2) is 0 Å². The van der Waals surface area contributed by atoms with Crippen LogP contribution in [0.25, 0.3) is 0 Å². The standard InChI is InChI=1S/C13H28N2OS/c1-10(17-5)6-7-15-12(16)8-11(14)9-13(2,3)4/h10-11H,6-9,14H2,1-5H3,(H,15,16). The number of thioether (sulfide) groups is 1. The molecule has 0 bridgehead atoms. The lowest BCUT2D eigenvalue weighted by Crippen LogP contribution is -2.35. The lowest BCUT2D eigenvalue weighted by molar-refractivity contribution is -0.121. The number of amides is 1. The van der Waals surface area contributed by atoms with Crippen LogP contribution in [0, 0.1) is 5.41 Å². The summed E-state index contributed by atoms with van der Waals surface area (Å²) in [6.45, 7) is 9.35. The molecule has 0 rings (SSSR count). The number of carbonyl (C=O) groups excluding carboxylic acids is 1. The lowest BCUT2D eigenvalue weighted by atomic mass is 9.87. The second-order valence-electron chi connectivity index (χ2n) is 5.91. The quantitative estimate of drug-likeness (QED) is 0.739. The molecule has 0 aromatic heterocycles. The third-order valence-electron chi connectivity index (χ3n) is 2.60. The normalized spacial score (nSPS) is 15.4. The summed E-state index contributed by atoms with van der Waals surface area (Å²) >= 11 is 1.82. The van der Waals surface area contributed by atoms with E-state index in [4.69, 9.17) is 5.73 Å². The van der Waals surface area contributed by atoms with Crippen molar-refractivity contribution in [1.82, 2.24) is 5.32 Å². The Kier molecular flexibility index (Phi) is 7.88. The van der Waals surface area contributed by atoms with Gasteiger partial charge < -0.3 is 11.1 Å². The maximum absolute atomic E-state index is 11.6. The van der Waals surface area contributed by atoms with Gasteiger partial charge in [0, 0.05) is 24.3 Å². The third-order valence-corrected chi connectivity index (χ3v) is 3.64. The largest absolute Gasteiger partial charge is 0.356 e. The molecular weight excluding hydrogens is 232 g/mol. The first-order valence-electron chi connectivity index (χ1n) is 6.29. The number of nitrogens with one attached hydrogen (secondary N) is 1. The van der Waals surface area contributed by atoms with Gasteiger partial charge >= 0.3 is 0 Å². The van der Waals surface area contributed by atoms with E-state index in [2.05, 4.69) is 39.3 Å². The third kappa shape index (κ3) is 10.6. The Morgan fingerprint density at radius 1 is 1.41 bits per heavy atom. The zero-order valence-corrected chi connectivity index (χ0v) is 12.7. The van der Waals surface area contributed by atoms with Gasteiger partial charge in [-0.2, -0.15) is 11.8 Å². The van der Waals surface area contributed by atoms with Crippen LogP contribution < -0.4 is 11.1 Å². The summed E-state index contributed by atoms with van der Waals surface area (Å²) in [6, 6.07) is -0.0343. The van der Waals surface area contributed by atoms with Gasteiger partial charge in [0.15, 0.2) is 0 Å². The molecule has 102 valence electrons. The number of nitrogens with two attached hydrogens (primary N) is 1. The summed E-state index contributed by atoms with van der Waals surface area (Å²) in [5.41, 5.74) is 6.14. The summed E-state index contributed by atoms with van der Waals surface area (Å²) < 4.78 is 0. The number of hydrogen-bond donors (Lipinski definition) is 2. The molecule has 2 unspecified atom stereocenters. The SMILES string of the molecule is CSC(C)CCNC(=O)CC(N)CC(C)(C)C. The lowest BCUT2D eigenvalue weighted by Gasteiger charge is -2.22. The fraction of sp³-hybridized carbons (Fsp3) is 0.923. The maximum atomic E-state index is 11.6. The van der Waals surface area contributed by atoms with Gasteiger partial charge in [-0.25, -0.2) is 0 Å². The summed E-state index contributed by atoms with van der Waals surface area (Å²) in [5.74, 6) is 0.0788. The van der Waals surface area contributed by atoms with Crippen LogP contribution in [0.2, 0.25) is 0 Å². The summed E-state index contributed by atoms with van der Waals surface area (Å²) in [6.07, 6.45) is 4.42. The molecule has 0 aromatic rings. The first kappa shape index (κ1) is 16.8. The molecule has 0 aromatic carbocycles. The van der Waals surface area contributed by atoms with Crippen molar-refractivity contribution in [2.75, 3.05) is 12.8 Å². The number of rotatable bonds is 7. The van der Waals surface area contributed by atoms with Crippen LogP contribution in [-0.2, 0) is 4.79 Å². The molecule has 0 saturated heterocycles. The van der Waals surface area contributed by atoms with Gasteiger partial charge in [-0.05, 0) is 24.5 Å². The van der Waals surface area contributed by atoms with Gasteiger partial charge in [-0.3, -0.25) is 4.79 Å². The number of carbonyl (C=O) groups is 1. The van der Waals surface area contributed by atoms with E-state index < -0.39 is 0 Å². The Bertz CT molecular complexity index is 226. The minimum atomic E-state index is -0.0343. The molecule has 0 heterocycles. The van der Waals surface area contributed by atoms with Gasteiger partial charge in [-0.1, -0.05) is 27.7 Å². The van der Waals surface area contributed by atoms with Crippen LogP contribution in [0.5, 0.6) is 0 Å². The zero-order chi connectivity index (χ0) is 13.5. The van der Waals surface area contributed by atoms with Crippen LogP contribution in [0.1, 0.15) is 47.0 Å². The van der Waals surface area contributed by atoms with Crippen LogP contribution in [-0.4, -0.2) is 30.0 Å². The van der Waals surface area contributed by atoms with E-state index in [0.717, 1.165) is 19.4 Å². The van der Waals surface area contributed by atoms with E-state index in [1.807, 2.05) is 11.8 Å². The van der Waals surface area contributed by atoms with Crippen LogP contribution >= 0.6 is 11.8 Å². The molecule has 0 spiro atoms. The Morgan fingerprint density at radius 3 is 2.47 bits per heavy atom. The second-order valence-corrected chi connectivity index (χ2v) is 7.19. The molecule has 1 amide bonds. The second kappa shape index (κ2) is 7.98. The highest BCUT2D eigenvalue weighted by molar-refractivity contribution is 7.99. The Hall–Kier alpha value is -0.220. The van der Waals surface area contributed by atoms with E-state index in [1.165, 1.54) is 0 Å². The fourth-order valence-corrected chi connectivity index (χ4v) is 2.06. The molecule has 0 fully saturated rings. The van der Waals surface area contributed by atoms with Crippen molar-refractivity contribution < 1.29 is 4.79 Å². The molecule has 3 nitrogen and oxygen atoms in total. The predicted octanol–water partition coefficient (Wildman–Crippen LogP) is 2.40. The van der Waals surface area contributed by atoms with Gasteiger partial charge in [0.25, 0.3) is 0 Å². The smallest absolute Gasteiger partial charge is 0.221 e. The number of hydrogen-bond acceptors (Lipinski definition) is 3. The van der Waals surface area contributed by atoms with E-state index in [9.17, 15) is 4.79 Å². The van der Waals surface area contributed by atoms with Crippen molar-refractivity contribution in [1.29, 1.82) is 0 Å². The first-order valence-corrected chi connectivity index (χ1v) is 7.58. The molecule has 4 heteroatoms. The Balaban J connectivity index is 3.72. The van der Waals surface area contributed by atoms with E-state index in [1.54, 1.807) is 0 Å². The van der Waals surface area contributed by atoms with Gasteiger partial charge in [0.05, 0.1) is 0 Å². The van der Waals surface area contributed by atoms with Crippen LogP contribution in [0.4, 0.5) is 0 Å². The minimum absolute atomic E-state index is 0.0343. The molecule has 0 radical (unpaired) electrons. The zero-order valence-electron chi connectivity index (χ0n) is 11.9. The molecule has 3 N–H and O–H groups in total. The van der Waals surface area contributed by atoms with Crippen molar-refractivity contribution in [2.45, 2.75) is 58.2 Å². The molecule has 0 aliphatic carbocycles. The van der Waals surface area contributed by atoms with Crippen molar-refractivity contribution in [2.24, 2.45) is 11.1 Å². The monoisotopic (exact) mass is 260 g/mol. The van der Waals surface area contributed by atoms with Gasteiger partial charge in [-0.15, -0.1) is 0 Å². The summed E-state index contributed by atoms with van der Waals surface area (Å²) in [5, 5.41) is 3.53. The Labute approximate surface area is 110 Å². The van der Waals surface area contributed by atoms with Crippen molar-refractivity contribution in [3.63, 3.8) is 0 Å². The van der Waals surface area contributed by atoms with E-state index in [0.29, 0.717) is 11.7 Å². The molecule has 2 atom stereocenters. The molecular formula is C13H28N2OS. The fourth-order valence-electron chi connectivity index (χ4n) is 1.70. The summed E-state index contributed by atoms with van der Waals surface area (Å²) in [7, 11) is 0.